The van der Waals surface area contributed by atoms with Crippen LogP contribution in [-0.4, -0.2) is 29.8 Å². The monoisotopic (exact) mass is 256 g/mol. The van der Waals surface area contributed by atoms with Gasteiger partial charge in [-0.2, -0.15) is 0 Å². The van der Waals surface area contributed by atoms with E-state index in [1.54, 1.807) is 0 Å². The van der Waals surface area contributed by atoms with Crippen molar-refractivity contribution < 1.29 is 9.90 Å². The van der Waals surface area contributed by atoms with Gasteiger partial charge in [-0.25, -0.2) is 4.79 Å². The highest BCUT2D eigenvalue weighted by atomic mass is 16.3. The summed E-state index contributed by atoms with van der Waals surface area (Å²) in [5.41, 5.74) is -0.382. The topological polar surface area (TPSA) is 61.4 Å². The molecule has 0 aliphatic heterocycles. The fourth-order valence-electron chi connectivity index (χ4n) is 2.25. The van der Waals surface area contributed by atoms with Gasteiger partial charge in [0, 0.05) is 13.1 Å². The van der Waals surface area contributed by atoms with E-state index in [4.69, 9.17) is 0 Å². The molecule has 1 fully saturated rings. The van der Waals surface area contributed by atoms with Crippen LogP contribution >= 0.6 is 0 Å². The Kier molecular flexibility index (Phi) is 5.45. The predicted octanol–water partition coefficient (Wildman–Crippen LogP) is 2.42. The third kappa shape index (κ3) is 5.25. The normalized spacial score (nSPS) is 21.3. The molecule has 1 aliphatic carbocycles. The summed E-state index contributed by atoms with van der Waals surface area (Å²) in [6, 6.07) is -0.165. The van der Waals surface area contributed by atoms with Gasteiger partial charge in [-0.1, -0.05) is 27.2 Å². The number of rotatable bonds is 5. The molecule has 0 atom stereocenters. The Labute approximate surface area is 111 Å². The van der Waals surface area contributed by atoms with Crippen LogP contribution in [0.5, 0.6) is 0 Å². The van der Waals surface area contributed by atoms with E-state index in [0.29, 0.717) is 18.5 Å². The molecule has 18 heavy (non-hydrogen) atoms. The maximum absolute atomic E-state index is 11.5. The van der Waals surface area contributed by atoms with Gasteiger partial charge in [0.15, 0.2) is 0 Å². The average Bonchev–Trinajstić information content (AvgIpc) is 2.32. The molecule has 1 rings (SSSR count). The van der Waals surface area contributed by atoms with Gasteiger partial charge in [-0.15, -0.1) is 0 Å². The Bertz CT molecular complexity index is 267. The van der Waals surface area contributed by atoms with Crippen LogP contribution in [0.2, 0.25) is 0 Å². The van der Waals surface area contributed by atoms with E-state index >= 15 is 0 Å². The van der Waals surface area contributed by atoms with Gasteiger partial charge < -0.3 is 15.7 Å². The SMILES string of the molecule is CCCCNC(=O)NCC1(O)CCC(C)(C)CC1. The van der Waals surface area contributed by atoms with Crippen LogP contribution in [0.4, 0.5) is 4.79 Å². The van der Waals surface area contributed by atoms with Gasteiger partial charge in [0.25, 0.3) is 0 Å². The molecule has 4 nitrogen and oxygen atoms in total. The number of unbranched alkanes of at least 4 members (excludes halogenated alkanes) is 1. The fraction of sp³-hybridized carbons (Fsp3) is 0.929. The molecular weight excluding hydrogens is 228 g/mol. The highest BCUT2D eigenvalue weighted by Crippen LogP contribution is 2.39. The third-order valence-corrected chi connectivity index (χ3v) is 3.93. The largest absolute Gasteiger partial charge is 0.388 e. The smallest absolute Gasteiger partial charge is 0.314 e. The molecule has 1 saturated carbocycles. The molecule has 0 radical (unpaired) electrons. The van der Waals surface area contributed by atoms with Crippen LogP contribution in [-0.2, 0) is 0 Å². The first kappa shape index (κ1) is 15.3. The second-order valence-corrected chi connectivity index (χ2v) is 6.35. The molecule has 0 aromatic carbocycles. The molecule has 1 aliphatic rings. The van der Waals surface area contributed by atoms with E-state index in [0.717, 1.165) is 38.5 Å². The Balaban J connectivity index is 2.24. The van der Waals surface area contributed by atoms with Gasteiger partial charge in [-0.3, -0.25) is 0 Å². The van der Waals surface area contributed by atoms with Crippen LogP contribution in [0, 0.1) is 5.41 Å². The summed E-state index contributed by atoms with van der Waals surface area (Å²) in [6.07, 6.45) is 5.64. The number of aliphatic hydroxyl groups is 1. The van der Waals surface area contributed by atoms with Crippen molar-refractivity contribution in [1.29, 1.82) is 0 Å². The van der Waals surface area contributed by atoms with Crippen LogP contribution in [0.15, 0.2) is 0 Å². The lowest BCUT2D eigenvalue weighted by atomic mass is 9.71. The van der Waals surface area contributed by atoms with E-state index in [9.17, 15) is 9.90 Å². The molecule has 0 aromatic heterocycles. The number of carbonyl (C=O) groups excluding carboxylic acids is 1. The van der Waals surface area contributed by atoms with Crippen LogP contribution in [0.25, 0.3) is 0 Å². The maximum atomic E-state index is 11.5. The molecule has 106 valence electrons. The summed E-state index contributed by atoms with van der Waals surface area (Å²) in [4.78, 5) is 11.5. The number of nitrogens with one attached hydrogen (secondary N) is 2. The standard InChI is InChI=1S/C14H28N2O2/c1-4-5-10-15-12(17)16-11-14(18)8-6-13(2,3)7-9-14/h18H,4-11H2,1-3H3,(H2,15,16,17). The van der Waals surface area contributed by atoms with Gasteiger partial charge in [0.2, 0.25) is 0 Å². The van der Waals surface area contributed by atoms with Crippen LogP contribution in [0.1, 0.15) is 59.3 Å². The lowest BCUT2D eigenvalue weighted by molar-refractivity contribution is -0.0223. The van der Waals surface area contributed by atoms with Crippen molar-refractivity contribution in [2.24, 2.45) is 5.41 Å². The average molecular weight is 256 g/mol. The lowest BCUT2D eigenvalue weighted by Crippen LogP contribution is -2.49. The molecular formula is C14H28N2O2. The van der Waals surface area contributed by atoms with Crippen LogP contribution in [0.3, 0.4) is 0 Å². The summed E-state index contributed by atoms with van der Waals surface area (Å²) in [7, 11) is 0. The van der Waals surface area contributed by atoms with Crippen LogP contribution < -0.4 is 10.6 Å². The van der Waals surface area contributed by atoms with Gasteiger partial charge in [0.1, 0.15) is 0 Å². The Morgan fingerprint density at radius 2 is 1.78 bits per heavy atom. The first-order chi connectivity index (χ1) is 8.37. The molecule has 4 heteroatoms. The van der Waals surface area contributed by atoms with Gasteiger partial charge in [-0.05, 0) is 37.5 Å². The minimum absolute atomic E-state index is 0.165. The summed E-state index contributed by atoms with van der Waals surface area (Å²) in [5, 5.41) is 16.0. The summed E-state index contributed by atoms with van der Waals surface area (Å²) in [6.45, 7) is 7.62. The van der Waals surface area contributed by atoms with Crippen molar-refractivity contribution in [3.63, 3.8) is 0 Å². The Morgan fingerprint density at radius 1 is 1.17 bits per heavy atom. The van der Waals surface area contributed by atoms with E-state index in [1.165, 1.54) is 0 Å². The van der Waals surface area contributed by atoms with Crippen molar-refractivity contribution in [2.75, 3.05) is 13.1 Å². The summed E-state index contributed by atoms with van der Waals surface area (Å²) < 4.78 is 0. The first-order valence-electron chi connectivity index (χ1n) is 7.11. The molecule has 3 N–H and O–H groups in total. The van der Waals surface area contributed by atoms with E-state index in [1.807, 2.05) is 0 Å². The number of hydrogen-bond acceptors (Lipinski definition) is 2. The summed E-state index contributed by atoms with van der Waals surface area (Å²) in [5.74, 6) is 0. The third-order valence-electron chi connectivity index (χ3n) is 3.93. The number of amides is 2. The van der Waals surface area contributed by atoms with Crippen molar-refractivity contribution in [1.82, 2.24) is 10.6 Å². The number of urea groups is 1. The highest BCUT2D eigenvalue weighted by molar-refractivity contribution is 5.73. The Morgan fingerprint density at radius 3 is 2.33 bits per heavy atom. The van der Waals surface area contributed by atoms with E-state index < -0.39 is 5.60 Å². The molecule has 0 spiro atoms. The van der Waals surface area contributed by atoms with Gasteiger partial charge in [0.05, 0.1) is 5.60 Å². The summed E-state index contributed by atoms with van der Waals surface area (Å²) >= 11 is 0. The molecule has 0 unspecified atom stereocenters. The molecule has 2 amide bonds. The van der Waals surface area contributed by atoms with E-state index in [-0.39, 0.29) is 6.03 Å². The van der Waals surface area contributed by atoms with Crippen molar-refractivity contribution in [3.05, 3.63) is 0 Å². The van der Waals surface area contributed by atoms with Crippen molar-refractivity contribution >= 4 is 6.03 Å². The molecule has 0 bridgehead atoms. The Hall–Kier alpha value is -0.770. The zero-order valence-corrected chi connectivity index (χ0v) is 12.0. The first-order valence-corrected chi connectivity index (χ1v) is 7.11. The molecule has 0 heterocycles. The quantitative estimate of drug-likeness (QED) is 0.662. The molecule has 0 saturated heterocycles. The zero-order chi connectivity index (χ0) is 13.6. The fourth-order valence-corrected chi connectivity index (χ4v) is 2.25. The highest BCUT2D eigenvalue weighted by Gasteiger charge is 2.36. The van der Waals surface area contributed by atoms with E-state index in [2.05, 4.69) is 31.4 Å². The van der Waals surface area contributed by atoms with Crippen molar-refractivity contribution in [2.45, 2.75) is 64.9 Å². The minimum Gasteiger partial charge on any atom is -0.388 e. The second-order valence-electron chi connectivity index (χ2n) is 6.35. The maximum Gasteiger partial charge on any atom is 0.314 e. The lowest BCUT2D eigenvalue weighted by Gasteiger charge is -2.40. The molecule has 0 aromatic rings. The van der Waals surface area contributed by atoms with Gasteiger partial charge >= 0.3 is 6.03 Å². The predicted molar refractivity (Wildman–Crippen MR) is 73.5 cm³/mol. The zero-order valence-electron chi connectivity index (χ0n) is 12.0. The minimum atomic E-state index is -0.711. The second kappa shape index (κ2) is 6.41. The number of carbonyl (C=O) groups is 1. The number of hydrogen-bond donors (Lipinski definition) is 3. The van der Waals surface area contributed by atoms with Crippen molar-refractivity contribution in [3.8, 4) is 0 Å².